The van der Waals surface area contributed by atoms with Crippen LogP contribution < -0.4 is 16.0 Å². The maximum atomic E-state index is 13.9. The number of likely N-dealkylation sites (tertiary alicyclic amines) is 1. The van der Waals surface area contributed by atoms with Crippen molar-refractivity contribution in [3.63, 3.8) is 0 Å². The summed E-state index contributed by atoms with van der Waals surface area (Å²) in [6, 6.07) is 10.4. The van der Waals surface area contributed by atoms with Gasteiger partial charge in [0.25, 0.3) is 0 Å². The number of rotatable bonds is 10. The van der Waals surface area contributed by atoms with Gasteiger partial charge >= 0.3 is 6.09 Å². The molecule has 4 bridgehead atoms. The van der Waals surface area contributed by atoms with E-state index in [0.29, 0.717) is 36.8 Å². The van der Waals surface area contributed by atoms with Crippen LogP contribution in [-0.4, -0.2) is 60.3 Å². The zero-order chi connectivity index (χ0) is 25.9. The molecular weight excluding hydrogens is 452 g/mol. The Balaban J connectivity index is 1.41. The third-order valence-corrected chi connectivity index (χ3v) is 8.12. The quantitative estimate of drug-likeness (QED) is 0.426. The molecule has 5 rings (SSSR count). The molecule has 0 radical (unpaired) electrons. The van der Waals surface area contributed by atoms with Gasteiger partial charge in [0, 0.05) is 38.1 Å². The van der Waals surface area contributed by atoms with Gasteiger partial charge in [-0.05, 0) is 69.9 Å². The first-order valence-electron chi connectivity index (χ1n) is 13.9. The van der Waals surface area contributed by atoms with Crippen LogP contribution in [0.2, 0.25) is 0 Å². The maximum Gasteiger partial charge on any atom is 0.407 e. The molecular formula is C29H46N4O3. The van der Waals surface area contributed by atoms with Crippen LogP contribution in [0.3, 0.4) is 0 Å². The van der Waals surface area contributed by atoms with Crippen molar-refractivity contribution >= 4 is 12.0 Å². The van der Waals surface area contributed by atoms with E-state index in [1.54, 1.807) is 0 Å². The van der Waals surface area contributed by atoms with Gasteiger partial charge in [0.05, 0.1) is 0 Å². The predicted octanol–water partition coefficient (Wildman–Crippen LogP) is 3.93. The van der Waals surface area contributed by atoms with Crippen molar-refractivity contribution in [1.29, 1.82) is 0 Å². The molecule has 4 aliphatic rings. The average Bonchev–Trinajstić information content (AvgIpc) is 3.06. The predicted molar refractivity (Wildman–Crippen MR) is 142 cm³/mol. The third-order valence-electron chi connectivity index (χ3n) is 8.12. The Morgan fingerprint density at radius 3 is 2.61 bits per heavy atom. The van der Waals surface area contributed by atoms with Crippen molar-refractivity contribution < 1.29 is 14.3 Å². The molecule has 0 spiro atoms. The van der Waals surface area contributed by atoms with E-state index < -0.39 is 11.1 Å². The summed E-state index contributed by atoms with van der Waals surface area (Å²) >= 11 is 0. The molecule has 3 aliphatic heterocycles. The van der Waals surface area contributed by atoms with Gasteiger partial charge in [-0.3, -0.25) is 9.69 Å². The number of hydrogen-bond donors (Lipinski definition) is 3. The Hall–Kier alpha value is -2.12. The number of unbranched alkanes of at least 4 members (excludes halogenated alkanes) is 1. The highest BCUT2D eigenvalue weighted by Gasteiger charge is 2.67. The number of ether oxygens (including phenoxy) is 1. The number of alkyl carbamates (subject to hydrolysis) is 1. The van der Waals surface area contributed by atoms with E-state index in [4.69, 9.17) is 4.74 Å². The molecule has 200 valence electrons. The molecule has 1 aromatic rings. The van der Waals surface area contributed by atoms with Crippen molar-refractivity contribution in [3.8, 4) is 0 Å². The zero-order valence-electron chi connectivity index (χ0n) is 22.8. The smallest absolute Gasteiger partial charge is 0.407 e. The van der Waals surface area contributed by atoms with Crippen molar-refractivity contribution in [2.75, 3.05) is 26.2 Å². The number of hydrogen-bond acceptors (Lipinski definition) is 5. The summed E-state index contributed by atoms with van der Waals surface area (Å²) in [4.78, 5) is 28.5. The molecule has 7 heteroatoms. The van der Waals surface area contributed by atoms with E-state index >= 15 is 0 Å². The van der Waals surface area contributed by atoms with E-state index in [1.165, 1.54) is 0 Å². The minimum Gasteiger partial charge on any atom is -0.444 e. The molecule has 36 heavy (non-hydrogen) atoms. The molecule has 3 heterocycles. The van der Waals surface area contributed by atoms with Crippen LogP contribution in [-0.2, 0) is 16.1 Å². The second kappa shape index (κ2) is 11.1. The van der Waals surface area contributed by atoms with Crippen LogP contribution in [0.1, 0.15) is 65.9 Å². The van der Waals surface area contributed by atoms with Crippen LogP contribution in [0.25, 0.3) is 0 Å². The summed E-state index contributed by atoms with van der Waals surface area (Å²) in [6.07, 6.45) is 3.82. The number of benzene rings is 1. The second-order valence-corrected chi connectivity index (χ2v) is 12.5. The summed E-state index contributed by atoms with van der Waals surface area (Å²) in [7, 11) is 0. The minimum absolute atomic E-state index is 0.169. The SMILES string of the molecule is CC(C)CN1C[C@@H]2C[C@H]3CN[C@]2(C(=O)NCc2ccccc2)[C@@H]1[C@@H]3CCCCNC(=O)OC(C)(C)C. The first-order valence-corrected chi connectivity index (χ1v) is 13.9. The fraction of sp³-hybridized carbons (Fsp3) is 0.724. The van der Waals surface area contributed by atoms with Gasteiger partial charge < -0.3 is 20.7 Å². The Morgan fingerprint density at radius 1 is 1.17 bits per heavy atom. The molecule has 0 aromatic heterocycles. The van der Waals surface area contributed by atoms with Crippen LogP contribution in [0.5, 0.6) is 0 Å². The lowest BCUT2D eigenvalue weighted by atomic mass is 9.58. The lowest BCUT2D eigenvalue weighted by Gasteiger charge is -2.56. The average molecular weight is 499 g/mol. The van der Waals surface area contributed by atoms with Gasteiger partial charge in [-0.2, -0.15) is 0 Å². The second-order valence-electron chi connectivity index (χ2n) is 12.5. The zero-order valence-corrected chi connectivity index (χ0v) is 22.8. The normalized spacial score (nSPS) is 29.4. The molecule has 3 saturated heterocycles. The molecule has 1 saturated carbocycles. The van der Waals surface area contributed by atoms with E-state index in [9.17, 15) is 9.59 Å². The summed E-state index contributed by atoms with van der Waals surface area (Å²) < 4.78 is 5.35. The Kier molecular flexibility index (Phi) is 8.30. The van der Waals surface area contributed by atoms with E-state index in [1.807, 2.05) is 39.0 Å². The van der Waals surface area contributed by atoms with Gasteiger partial charge in [0.2, 0.25) is 5.91 Å². The summed E-state index contributed by atoms with van der Waals surface area (Å²) in [5.74, 6) is 2.20. The highest BCUT2D eigenvalue weighted by Crippen LogP contribution is 2.53. The van der Waals surface area contributed by atoms with Crippen molar-refractivity contribution in [2.45, 2.75) is 84.0 Å². The Labute approximate surface area is 217 Å². The number of fused-ring (bicyclic) bond motifs is 1. The molecule has 5 atom stereocenters. The number of nitrogens with one attached hydrogen (secondary N) is 3. The lowest BCUT2D eigenvalue weighted by Crippen LogP contribution is -2.76. The third kappa shape index (κ3) is 5.88. The summed E-state index contributed by atoms with van der Waals surface area (Å²) in [5, 5.41) is 9.96. The molecule has 4 fully saturated rings. The van der Waals surface area contributed by atoms with Gasteiger partial charge in [0.15, 0.2) is 0 Å². The largest absolute Gasteiger partial charge is 0.444 e. The fourth-order valence-corrected chi connectivity index (χ4v) is 6.91. The van der Waals surface area contributed by atoms with Gasteiger partial charge in [0.1, 0.15) is 11.1 Å². The Bertz CT molecular complexity index is 900. The topological polar surface area (TPSA) is 82.7 Å². The van der Waals surface area contributed by atoms with Crippen molar-refractivity contribution in [3.05, 3.63) is 35.9 Å². The highest BCUT2D eigenvalue weighted by atomic mass is 16.6. The lowest BCUT2D eigenvalue weighted by molar-refractivity contribution is -0.138. The number of nitrogens with zero attached hydrogens (tertiary/aromatic N) is 1. The van der Waals surface area contributed by atoms with Gasteiger partial charge in [-0.1, -0.05) is 50.6 Å². The molecule has 2 amide bonds. The van der Waals surface area contributed by atoms with Crippen molar-refractivity contribution in [1.82, 2.24) is 20.9 Å². The maximum absolute atomic E-state index is 13.9. The molecule has 1 aromatic carbocycles. The number of amides is 2. The van der Waals surface area contributed by atoms with Gasteiger partial charge in [-0.15, -0.1) is 0 Å². The summed E-state index contributed by atoms with van der Waals surface area (Å²) in [5.41, 5.74) is 0.150. The highest BCUT2D eigenvalue weighted by molar-refractivity contribution is 5.89. The number of carbonyl (C=O) groups is 2. The standard InChI is InChI=1S/C29H46N4O3/c1-20(2)18-33-19-23-15-22-17-32-29(23,26(34)31-16-21-11-7-6-8-12-21)25(33)24(22)13-9-10-14-30-27(35)36-28(3,4)5/h6-8,11-12,20,22-25,32H,9-10,13-19H2,1-5H3,(H,30,35)(H,31,34)/t22-,23-,24+,25-,29-/m0/s1. The van der Waals surface area contributed by atoms with Crippen molar-refractivity contribution in [2.24, 2.45) is 23.7 Å². The molecule has 0 unspecified atom stereocenters. The van der Waals surface area contributed by atoms with Crippen LogP contribution >= 0.6 is 0 Å². The van der Waals surface area contributed by atoms with Gasteiger partial charge in [-0.25, -0.2) is 4.79 Å². The summed E-state index contributed by atoms with van der Waals surface area (Å²) in [6.45, 7) is 14.3. The van der Waals surface area contributed by atoms with Crippen LogP contribution in [0, 0.1) is 23.7 Å². The van der Waals surface area contributed by atoms with Crippen LogP contribution in [0.4, 0.5) is 4.79 Å². The molecule has 1 aliphatic carbocycles. The number of piperidine rings is 2. The first kappa shape index (κ1) is 26.9. The number of carbonyl (C=O) groups excluding carboxylic acids is 2. The van der Waals surface area contributed by atoms with E-state index in [0.717, 1.165) is 50.9 Å². The van der Waals surface area contributed by atoms with E-state index in [2.05, 4.69) is 46.8 Å². The molecule has 3 N–H and O–H groups in total. The fourth-order valence-electron chi connectivity index (χ4n) is 6.91. The minimum atomic E-state index is -0.502. The Morgan fingerprint density at radius 2 is 1.92 bits per heavy atom. The monoisotopic (exact) mass is 498 g/mol. The first-order chi connectivity index (χ1) is 17.1. The molecule has 7 nitrogen and oxygen atoms in total. The van der Waals surface area contributed by atoms with Crippen LogP contribution in [0.15, 0.2) is 30.3 Å². The van der Waals surface area contributed by atoms with E-state index in [-0.39, 0.29) is 18.0 Å².